The van der Waals surface area contributed by atoms with Crippen LogP contribution in [-0.4, -0.2) is 54.6 Å². The number of carboxylic acids is 1. The average molecular weight is 410 g/mol. The Hall–Kier alpha value is -1.50. The van der Waals surface area contributed by atoms with Gasteiger partial charge in [0.2, 0.25) is 0 Å². The molecular weight excluding hydrogens is 382 g/mol. The number of benzene rings is 1. The van der Waals surface area contributed by atoms with E-state index in [1.807, 2.05) is 6.92 Å². The zero-order valence-electron chi connectivity index (χ0n) is 16.5. The molecule has 3 heterocycles. The van der Waals surface area contributed by atoms with Crippen molar-refractivity contribution >= 4 is 17.6 Å². The highest BCUT2D eigenvalue weighted by Gasteiger charge is 2.47. The Bertz CT molecular complexity index is 756. The summed E-state index contributed by atoms with van der Waals surface area (Å²) in [4.78, 5) is 14.0. The van der Waals surface area contributed by atoms with Crippen LogP contribution in [0.2, 0.25) is 5.02 Å². The van der Waals surface area contributed by atoms with Crippen LogP contribution >= 0.6 is 11.6 Å². The number of hydrogen-bond donors (Lipinski definition) is 1. The molecule has 0 amide bonds. The van der Waals surface area contributed by atoms with Gasteiger partial charge in [0.1, 0.15) is 0 Å². The molecule has 1 aromatic rings. The zero-order valence-corrected chi connectivity index (χ0v) is 17.3. The Morgan fingerprint density at radius 2 is 1.86 bits per heavy atom. The number of fused-ring (bicyclic) bond motifs is 1. The average Bonchev–Trinajstić information content (AvgIpc) is 3.06. The first-order valence-corrected chi connectivity index (χ1v) is 10.5. The van der Waals surface area contributed by atoms with Crippen molar-refractivity contribution in [2.24, 2.45) is 11.8 Å². The SMILES string of the molecule is Cc1c(C(=O)O)cc(Cl)c2c1OC(C)(C1CCN(CC3CCOCC3)CC1)O2. The van der Waals surface area contributed by atoms with E-state index in [0.717, 1.165) is 64.4 Å². The molecule has 2 saturated heterocycles. The van der Waals surface area contributed by atoms with Gasteiger partial charge >= 0.3 is 5.97 Å². The maximum Gasteiger partial charge on any atom is 0.336 e. The summed E-state index contributed by atoms with van der Waals surface area (Å²) in [5, 5.41) is 9.69. The van der Waals surface area contributed by atoms with Gasteiger partial charge in [-0.1, -0.05) is 11.6 Å². The number of piperidine rings is 1. The van der Waals surface area contributed by atoms with Crippen molar-refractivity contribution in [1.29, 1.82) is 0 Å². The summed E-state index contributed by atoms with van der Waals surface area (Å²) in [5.41, 5.74) is 0.718. The lowest BCUT2D eigenvalue weighted by Gasteiger charge is -2.40. The summed E-state index contributed by atoms with van der Waals surface area (Å²) in [7, 11) is 0. The molecule has 0 aromatic heterocycles. The van der Waals surface area contributed by atoms with Crippen molar-refractivity contribution in [2.45, 2.75) is 45.3 Å². The standard InChI is InChI=1S/C21H28ClNO5/c1-13-16(20(24)25)11-17(22)19-18(13)27-21(2,28-19)15-3-7-23(8-4-15)12-14-5-9-26-10-6-14/h11,14-15H,3-10,12H2,1-2H3,(H,24,25). The molecule has 0 aliphatic carbocycles. The maximum absolute atomic E-state index is 11.5. The fraction of sp³-hybridized carbons (Fsp3) is 0.667. The molecule has 0 radical (unpaired) electrons. The topological polar surface area (TPSA) is 68.2 Å². The molecule has 4 rings (SSSR count). The smallest absolute Gasteiger partial charge is 0.336 e. The second kappa shape index (κ2) is 7.73. The fourth-order valence-corrected chi connectivity index (χ4v) is 4.90. The molecule has 0 bridgehead atoms. The number of halogens is 1. The lowest BCUT2D eigenvalue weighted by Crippen LogP contribution is -2.49. The van der Waals surface area contributed by atoms with Crippen LogP contribution in [0.25, 0.3) is 0 Å². The Labute approximate surface area is 170 Å². The maximum atomic E-state index is 11.5. The highest BCUT2D eigenvalue weighted by Crippen LogP contribution is 2.51. The highest BCUT2D eigenvalue weighted by atomic mass is 35.5. The lowest BCUT2D eigenvalue weighted by molar-refractivity contribution is -0.125. The number of carbonyl (C=O) groups is 1. The Morgan fingerprint density at radius 1 is 1.21 bits per heavy atom. The van der Waals surface area contributed by atoms with Crippen LogP contribution in [0.3, 0.4) is 0 Å². The summed E-state index contributed by atoms with van der Waals surface area (Å²) in [5.74, 6) is 0.0855. The summed E-state index contributed by atoms with van der Waals surface area (Å²) in [6.45, 7) is 8.64. The van der Waals surface area contributed by atoms with Gasteiger partial charge < -0.3 is 24.2 Å². The first-order valence-electron chi connectivity index (χ1n) is 10.1. The predicted molar refractivity (Wildman–Crippen MR) is 106 cm³/mol. The first-order chi connectivity index (χ1) is 13.4. The third-order valence-electron chi connectivity index (χ3n) is 6.47. The van der Waals surface area contributed by atoms with Crippen molar-refractivity contribution in [3.63, 3.8) is 0 Å². The van der Waals surface area contributed by atoms with Gasteiger partial charge in [0, 0.05) is 38.2 Å². The van der Waals surface area contributed by atoms with E-state index in [0.29, 0.717) is 22.1 Å². The minimum atomic E-state index is -1.01. The molecule has 0 spiro atoms. The van der Waals surface area contributed by atoms with Crippen molar-refractivity contribution < 1.29 is 24.1 Å². The molecule has 6 nitrogen and oxygen atoms in total. The second-order valence-electron chi connectivity index (χ2n) is 8.35. The van der Waals surface area contributed by atoms with Crippen LogP contribution in [-0.2, 0) is 4.74 Å². The Balaban J connectivity index is 1.42. The van der Waals surface area contributed by atoms with Crippen LogP contribution in [0, 0.1) is 18.8 Å². The zero-order chi connectivity index (χ0) is 19.9. The van der Waals surface area contributed by atoms with Crippen molar-refractivity contribution in [3.05, 3.63) is 22.2 Å². The van der Waals surface area contributed by atoms with E-state index in [9.17, 15) is 9.90 Å². The van der Waals surface area contributed by atoms with Crippen LogP contribution in [0.15, 0.2) is 6.07 Å². The molecule has 1 N–H and O–H groups in total. The van der Waals surface area contributed by atoms with E-state index in [2.05, 4.69) is 4.90 Å². The van der Waals surface area contributed by atoms with Gasteiger partial charge in [-0.25, -0.2) is 4.79 Å². The molecule has 0 saturated carbocycles. The van der Waals surface area contributed by atoms with E-state index in [-0.39, 0.29) is 11.5 Å². The van der Waals surface area contributed by atoms with Crippen LogP contribution < -0.4 is 9.47 Å². The molecular formula is C21H28ClNO5. The third-order valence-corrected chi connectivity index (χ3v) is 6.75. The minimum absolute atomic E-state index is 0.155. The molecule has 3 aliphatic heterocycles. The fourth-order valence-electron chi connectivity index (χ4n) is 4.67. The van der Waals surface area contributed by atoms with Gasteiger partial charge in [0.05, 0.1) is 10.6 Å². The third kappa shape index (κ3) is 3.70. The number of nitrogens with zero attached hydrogens (tertiary/aromatic N) is 1. The molecule has 2 fully saturated rings. The summed E-state index contributed by atoms with van der Waals surface area (Å²) >= 11 is 6.30. The monoisotopic (exact) mass is 409 g/mol. The number of aromatic carboxylic acids is 1. The van der Waals surface area contributed by atoms with E-state index in [1.54, 1.807) is 6.92 Å². The summed E-state index contributed by atoms with van der Waals surface area (Å²) in [6, 6.07) is 1.45. The molecule has 1 atom stereocenters. The molecule has 1 aromatic carbocycles. The van der Waals surface area contributed by atoms with Gasteiger partial charge in [0.15, 0.2) is 11.5 Å². The number of rotatable bonds is 4. The predicted octanol–water partition coefficient (Wildman–Crippen LogP) is 3.97. The molecule has 28 heavy (non-hydrogen) atoms. The minimum Gasteiger partial charge on any atom is -0.478 e. The number of carboxylic acid groups (broad SMARTS) is 1. The van der Waals surface area contributed by atoms with Crippen molar-refractivity contribution in [3.8, 4) is 11.5 Å². The second-order valence-corrected chi connectivity index (χ2v) is 8.75. The van der Waals surface area contributed by atoms with E-state index < -0.39 is 11.8 Å². The summed E-state index contributed by atoms with van der Waals surface area (Å²) in [6.07, 6.45) is 4.28. The Kier molecular flexibility index (Phi) is 5.47. The van der Waals surface area contributed by atoms with Crippen LogP contribution in [0.4, 0.5) is 0 Å². The van der Waals surface area contributed by atoms with Gasteiger partial charge in [-0.3, -0.25) is 0 Å². The Morgan fingerprint density at radius 3 is 2.50 bits per heavy atom. The van der Waals surface area contributed by atoms with E-state index in [1.165, 1.54) is 6.07 Å². The van der Waals surface area contributed by atoms with Gasteiger partial charge in [-0.15, -0.1) is 0 Å². The molecule has 3 aliphatic rings. The van der Waals surface area contributed by atoms with Crippen LogP contribution in [0.5, 0.6) is 11.5 Å². The van der Waals surface area contributed by atoms with E-state index in [4.69, 9.17) is 25.8 Å². The quantitative estimate of drug-likeness (QED) is 0.811. The van der Waals surface area contributed by atoms with Gasteiger partial charge in [-0.05, 0) is 57.7 Å². The lowest BCUT2D eigenvalue weighted by atomic mass is 9.88. The van der Waals surface area contributed by atoms with Crippen molar-refractivity contribution in [1.82, 2.24) is 4.90 Å². The first kappa shape index (κ1) is 19.8. The number of ether oxygens (including phenoxy) is 3. The normalized spacial score (nSPS) is 26.5. The van der Waals surface area contributed by atoms with Gasteiger partial charge in [0.25, 0.3) is 5.79 Å². The van der Waals surface area contributed by atoms with Crippen LogP contribution in [0.1, 0.15) is 48.5 Å². The number of likely N-dealkylation sites (tertiary alicyclic amines) is 1. The molecule has 1 unspecified atom stereocenters. The molecule has 154 valence electrons. The van der Waals surface area contributed by atoms with Gasteiger partial charge in [-0.2, -0.15) is 0 Å². The van der Waals surface area contributed by atoms with E-state index >= 15 is 0 Å². The van der Waals surface area contributed by atoms with Crippen molar-refractivity contribution in [2.75, 3.05) is 32.8 Å². The number of hydrogen-bond acceptors (Lipinski definition) is 5. The molecule has 7 heteroatoms. The largest absolute Gasteiger partial charge is 0.478 e. The summed E-state index contributed by atoms with van der Waals surface area (Å²) < 4.78 is 17.9. The highest BCUT2D eigenvalue weighted by molar-refractivity contribution is 6.32.